The van der Waals surface area contributed by atoms with Gasteiger partial charge in [0.1, 0.15) is 0 Å². The third-order valence-corrected chi connectivity index (χ3v) is 3.54. The van der Waals surface area contributed by atoms with E-state index in [2.05, 4.69) is 75.3 Å². The summed E-state index contributed by atoms with van der Waals surface area (Å²) in [6.45, 7) is 11.1. The highest BCUT2D eigenvalue weighted by atomic mass is 15.1. The molecule has 2 nitrogen and oxygen atoms in total. The molecule has 18 heavy (non-hydrogen) atoms. The molecule has 0 radical (unpaired) electrons. The second-order valence-corrected chi connectivity index (χ2v) is 5.66. The summed E-state index contributed by atoms with van der Waals surface area (Å²) in [6, 6.07) is 11.8. The molecule has 0 aliphatic rings. The first kappa shape index (κ1) is 15.2. The minimum absolute atomic E-state index is 0.451. The second-order valence-electron chi connectivity index (χ2n) is 5.66. The van der Waals surface area contributed by atoms with Gasteiger partial charge in [0.25, 0.3) is 0 Å². The van der Waals surface area contributed by atoms with Gasteiger partial charge in [-0.2, -0.15) is 0 Å². The third-order valence-electron chi connectivity index (χ3n) is 3.54. The molecule has 1 aromatic carbocycles. The first-order valence-electron chi connectivity index (χ1n) is 7.01. The van der Waals surface area contributed by atoms with Crippen LogP contribution in [0.25, 0.3) is 0 Å². The van der Waals surface area contributed by atoms with Crippen LogP contribution in [0.15, 0.2) is 30.3 Å². The quantitative estimate of drug-likeness (QED) is 0.796. The number of rotatable bonds is 7. The van der Waals surface area contributed by atoms with E-state index in [4.69, 9.17) is 0 Å². The molecule has 1 rings (SSSR count). The van der Waals surface area contributed by atoms with Crippen molar-refractivity contribution in [3.8, 4) is 0 Å². The van der Waals surface area contributed by atoms with Crippen LogP contribution in [-0.2, 0) is 0 Å². The summed E-state index contributed by atoms with van der Waals surface area (Å²) in [5.74, 6) is 0.608. The SMILES string of the molecule is CC(C)C(NCCN(C)C(C)C)c1ccccc1. The van der Waals surface area contributed by atoms with Gasteiger partial charge >= 0.3 is 0 Å². The smallest absolute Gasteiger partial charge is 0.0343 e. The topological polar surface area (TPSA) is 15.3 Å². The normalized spacial score (nSPS) is 13.6. The maximum atomic E-state index is 3.68. The number of nitrogens with zero attached hydrogens (tertiary/aromatic N) is 1. The van der Waals surface area contributed by atoms with Crippen molar-refractivity contribution in [3.63, 3.8) is 0 Å². The van der Waals surface area contributed by atoms with E-state index in [0.29, 0.717) is 18.0 Å². The highest BCUT2D eigenvalue weighted by Crippen LogP contribution is 2.20. The van der Waals surface area contributed by atoms with Gasteiger partial charge in [-0.05, 0) is 32.4 Å². The Morgan fingerprint density at radius 1 is 1.06 bits per heavy atom. The molecular formula is C16H28N2. The van der Waals surface area contributed by atoms with Crippen molar-refractivity contribution in [3.05, 3.63) is 35.9 Å². The fourth-order valence-corrected chi connectivity index (χ4v) is 2.05. The standard InChI is InChI=1S/C16H28N2/c1-13(2)16(15-9-7-6-8-10-15)17-11-12-18(5)14(3)4/h6-10,13-14,16-17H,11-12H2,1-5H3. The van der Waals surface area contributed by atoms with Crippen molar-refractivity contribution in [2.24, 2.45) is 5.92 Å². The summed E-state index contributed by atoms with van der Waals surface area (Å²) in [5.41, 5.74) is 1.39. The van der Waals surface area contributed by atoms with Crippen LogP contribution in [0.5, 0.6) is 0 Å². The highest BCUT2D eigenvalue weighted by molar-refractivity contribution is 5.19. The Labute approximate surface area is 112 Å². The summed E-state index contributed by atoms with van der Waals surface area (Å²) < 4.78 is 0. The number of likely N-dealkylation sites (N-methyl/N-ethyl adjacent to an activating group) is 1. The molecule has 1 N–H and O–H groups in total. The molecule has 0 heterocycles. The van der Waals surface area contributed by atoms with Gasteiger partial charge in [-0.15, -0.1) is 0 Å². The zero-order valence-electron chi connectivity index (χ0n) is 12.5. The summed E-state index contributed by atoms with van der Waals surface area (Å²) in [6.07, 6.45) is 0. The molecular weight excluding hydrogens is 220 g/mol. The van der Waals surface area contributed by atoms with Crippen LogP contribution >= 0.6 is 0 Å². The monoisotopic (exact) mass is 248 g/mol. The van der Waals surface area contributed by atoms with Gasteiger partial charge in [-0.25, -0.2) is 0 Å². The van der Waals surface area contributed by atoms with Crippen LogP contribution in [0.4, 0.5) is 0 Å². The van der Waals surface area contributed by atoms with Crippen molar-refractivity contribution in [2.45, 2.75) is 39.8 Å². The van der Waals surface area contributed by atoms with Gasteiger partial charge in [0.15, 0.2) is 0 Å². The number of nitrogens with one attached hydrogen (secondary N) is 1. The molecule has 1 atom stereocenters. The van der Waals surface area contributed by atoms with E-state index in [9.17, 15) is 0 Å². The Bertz CT molecular complexity index is 319. The van der Waals surface area contributed by atoms with Crippen molar-refractivity contribution in [1.29, 1.82) is 0 Å². The van der Waals surface area contributed by atoms with E-state index in [1.807, 2.05) is 0 Å². The fraction of sp³-hybridized carbons (Fsp3) is 0.625. The van der Waals surface area contributed by atoms with Crippen LogP contribution in [0.3, 0.4) is 0 Å². The van der Waals surface area contributed by atoms with Crippen LogP contribution in [0, 0.1) is 5.92 Å². The van der Waals surface area contributed by atoms with Crippen molar-refractivity contribution in [2.75, 3.05) is 20.1 Å². The minimum Gasteiger partial charge on any atom is -0.308 e. The molecule has 0 amide bonds. The van der Waals surface area contributed by atoms with E-state index >= 15 is 0 Å². The Balaban J connectivity index is 2.50. The van der Waals surface area contributed by atoms with E-state index < -0.39 is 0 Å². The molecule has 0 fully saturated rings. The summed E-state index contributed by atoms with van der Waals surface area (Å²) in [4.78, 5) is 2.37. The van der Waals surface area contributed by atoms with Crippen LogP contribution in [0.2, 0.25) is 0 Å². The predicted molar refractivity (Wildman–Crippen MR) is 79.8 cm³/mol. The molecule has 2 heteroatoms. The van der Waals surface area contributed by atoms with Gasteiger partial charge in [0.05, 0.1) is 0 Å². The maximum absolute atomic E-state index is 3.68. The first-order valence-corrected chi connectivity index (χ1v) is 7.01. The van der Waals surface area contributed by atoms with Gasteiger partial charge in [0, 0.05) is 25.2 Å². The maximum Gasteiger partial charge on any atom is 0.0343 e. The van der Waals surface area contributed by atoms with Gasteiger partial charge in [0.2, 0.25) is 0 Å². The summed E-state index contributed by atoms with van der Waals surface area (Å²) in [5, 5.41) is 3.68. The van der Waals surface area contributed by atoms with Gasteiger partial charge in [-0.1, -0.05) is 44.2 Å². The lowest BCUT2D eigenvalue weighted by atomic mass is 9.96. The number of benzene rings is 1. The van der Waals surface area contributed by atoms with Crippen molar-refractivity contribution < 1.29 is 0 Å². The number of hydrogen-bond donors (Lipinski definition) is 1. The van der Waals surface area contributed by atoms with Crippen LogP contribution in [0.1, 0.15) is 39.3 Å². The van der Waals surface area contributed by atoms with Crippen molar-refractivity contribution in [1.82, 2.24) is 10.2 Å². The van der Waals surface area contributed by atoms with Crippen LogP contribution < -0.4 is 5.32 Å². The second kappa shape index (κ2) is 7.55. The molecule has 0 bridgehead atoms. The Morgan fingerprint density at radius 3 is 2.17 bits per heavy atom. The van der Waals surface area contributed by atoms with Crippen LogP contribution in [-0.4, -0.2) is 31.1 Å². The lowest BCUT2D eigenvalue weighted by Crippen LogP contribution is -2.36. The molecule has 0 spiro atoms. The molecule has 0 aromatic heterocycles. The summed E-state index contributed by atoms with van der Waals surface area (Å²) >= 11 is 0. The molecule has 0 aliphatic heterocycles. The van der Waals surface area contributed by atoms with Gasteiger partial charge in [-0.3, -0.25) is 0 Å². The Hall–Kier alpha value is -0.860. The molecule has 102 valence electrons. The fourth-order valence-electron chi connectivity index (χ4n) is 2.05. The van der Waals surface area contributed by atoms with E-state index in [1.165, 1.54) is 5.56 Å². The Kier molecular flexibility index (Phi) is 6.37. The van der Waals surface area contributed by atoms with E-state index in [1.54, 1.807) is 0 Å². The summed E-state index contributed by atoms with van der Waals surface area (Å²) in [7, 11) is 2.18. The van der Waals surface area contributed by atoms with E-state index in [-0.39, 0.29) is 0 Å². The largest absolute Gasteiger partial charge is 0.308 e. The highest BCUT2D eigenvalue weighted by Gasteiger charge is 2.14. The van der Waals surface area contributed by atoms with E-state index in [0.717, 1.165) is 13.1 Å². The average Bonchev–Trinajstić information content (AvgIpc) is 2.34. The average molecular weight is 248 g/mol. The lowest BCUT2D eigenvalue weighted by Gasteiger charge is -2.26. The zero-order chi connectivity index (χ0) is 13.5. The molecule has 0 saturated carbocycles. The molecule has 1 unspecified atom stereocenters. The first-order chi connectivity index (χ1) is 8.52. The molecule has 1 aromatic rings. The third kappa shape index (κ3) is 4.79. The molecule has 0 saturated heterocycles. The predicted octanol–water partition coefficient (Wildman–Crippen LogP) is 3.31. The molecule has 0 aliphatic carbocycles. The Morgan fingerprint density at radius 2 is 1.67 bits per heavy atom. The van der Waals surface area contributed by atoms with Crippen molar-refractivity contribution >= 4 is 0 Å². The zero-order valence-corrected chi connectivity index (χ0v) is 12.5. The van der Waals surface area contributed by atoms with Gasteiger partial charge < -0.3 is 10.2 Å². The minimum atomic E-state index is 0.451. The number of hydrogen-bond acceptors (Lipinski definition) is 2. The lowest BCUT2D eigenvalue weighted by molar-refractivity contribution is 0.263.